The third-order valence-electron chi connectivity index (χ3n) is 5.89. The minimum Gasteiger partial charge on any atom is -0.496 e. The Kier molecular flexibility index (Phi) is 12.7. The first-order valence-corrected chi connectivity index (χ1v) is 11.2. The van der Waals surface area contributed by atoms with E-state index in [1.54, 1.807) is 30.4 Å². The molecule has 0 spiro atoms. The Morgan fingerprint density at radius 2 is 1.60 bits per heavy atom. The number of benzene rings is 1. The number of amides is 1. The molecule has 2 rings (SSSR count). The van der Waals surface area contributed by atoms with E-state index in [4.69, 9.17) is 14.2 Å². The van der Waals surface area contributed by atoms with Crippen LogP contribution in [0, 0.1) is 5.92 Å². The lowest BCUT2D eigenvalue weighted by Gasteiger charge is -2.24. The van der Waals surface area contributed by atoms with Crippen molar-refractivity contribution in [1.82, 2.24) is 0 Å². The molecule has 1 aliphatic carbocycles. The van der Waals surface area contributed by atoms with E-state index in [9.17, 15) is 4.79 Å². The van der Waals surface area contributed by atoms with Crippen molar-refractivity contribution < 1.29 is 19.0 Å². The fourth-order valence-corrected chi connectivity index (χ4v) is 3.83. The van der Waals surface area contributed by atoms with Crippen LogP contribution in [0.15, 0.2) is 23.3 Å². The van der Waals surface area contributed by atoms with Gasteiger partial charge in [-0.15, -0.1) is 0 Å². The largest absolute Gasteiger partial charge is 0.496 e. The summed E-state index contributed by atoms with van der Waals surface area (Å²) in [5.41, 5.74) is 3.83. The zero-order valence-corrected chi connectivity index (χ0v) is 19.8. The molecule has 1 N–H and O–H groups in total. The van der Waals surface area contributed by atoms with Gasteiger partial charge in [0, 0.05) is 12.1 Å². The van der Waals surface area contributed by atoms with E-state index in [1.807, 2.05) is 0 Å². The van der Waals surface area contributed by atoms with Crippen LogP contribution >= 0.6 is 0 Å². The summed E-state index contributed by atoms with van der Waals surface area (Å²) >= 11 is 0. The van der Waals surface area contributed by atoms with Crippen LogP contribution in [0.2, 0.25) is 0 Å². The highest BCUT2D eigenvalue weighted by atomic mass is 16.5. The molecule has 0 saturated carbocycles. The topological polar surface area (TPSA) is 56.8 Å². The van der Waals surface area contributed by atoms with Gasteiger partial charge in [0.15, 0.2) is 0 Å². The maximum atomic E-state index is 10.4. The van der Waals surface area contributed by atoms with Gasteiger partial charge in [-0.05, 0) is 39.0 Å². The Morgan fingerprint density at radius 3 is 2.10 bits per heavy atom. The highest BCUT2D eigenvalue weighted by Crippen LogP contribution is 2.38. The van der Waals surface area contributed by atoms with Crippen LogP contribution in [-0.4, -0.2) is 27.7 Å². The highest BCUT2D eigenvalue weighted by molar-refractivity contribution is 5.81. The van der Waals surface area contributed by atoms with Gasteiger partial charge in [0.1, 0.15) is 22.9 Å². The van der Waals surface area contributed by atoms with E-state index < -0.39 is 0 Å². The average molecular weight is 420 g/mol. The molecular weight excluding hydrogens is 378 g/mol. The van der Waals surface area contributed by atoms with Gasteiger partial charge in [-0.25, -0.2) is 0 Å². The molecule has 0 radical (unpaired) electrons. The number of allylic oxidation sites excluding steroid dienone is 2. The first kappa shape index (κ1) is 25.9. The van der Waals surface area contributed by atoms with Gasteiger partial charge in [-0.1, -0.05) is 56.6 Å². The van der Waals surface area contributed by atoms with E-state index in [2.05, 4.69) is 26.1 Å². The van der Waals surface area contributed by atoms with Crippen LogP contribution in [0.25, 0.3) is 0 Å². The number of anilines is 1. The van der Waals surface area contributed by atoms with Crippen LogP contribution in [0.1, 0.15) is 78.6 Å². The van der Waals surface area contributed by atoms with Crippen molar-refractivity contribution in [2.75, 3.05) is 26.6 Å². The Labute approximate surface area is 183 Å². The predicted molar refractivity (Wildman–Crippen MR) is 125 cm³/mol. The summed E-state index contributed by atoms with van der Waals surface area (Å²) in [5.74, 6) is 2.58. The number of nitrogens with one attached hydrogen (secondary N) is 1. The van der Waals surface area contributed by atoms with Crippen molar-refractivity contribution >= 4 is 12.1 Å². The smallest absolute Gasteiger partial charge is 0.211 e. The number of methoxy groups -OCH3 is 3. The molecule has 0 aliphatic heterocycles. The fourth-order valence-electron chi connectivity index (χ4n) is 3.83. The summed E-state index contributed by atoms with van der Waals surface area (Å²) in [7, 11) is 4.55. The van der Waals surface area contributed by atoms with Gasteiger partial charge in [0.25, 0.3) is 0 Å². The molecule has 5 nitrogen and oxygen atoms in total. The molecule has 1 unspecified atom stereocenters. The Morgan fingerprint density at radius 1 is 0.967 bits per heavy atom. The molecule has 1 amide bonds. The SMILES string of the molecule is CCCCCCCC1CCC(C)=C(C)C1.COc1cc(OC)c(NC=O)c(OC)c1. The van der Waals surface area contributed by atoms with Gasteiger partial charge >= 0.3 is 0 Å². The van der Waals surface area contributed by atoms with E-state index in [0.717, 1.165) is 5.92 Å². The Hall–Kier alpha value is -2.17. The normalized spacial score (nSPS) is 15.7. The predicted octanol–water partition coefficient (Wildman–Crippen LogP) is 6.76. The summed E-state index contributed by atoms with van der Waals surface area (Å²) in [6.07, 6.45) is 13.4. The number of carbonyl (C=O) groups is 1. The Bertz CT molecular complexity index is 644. The van der Waals surface area contributed by atoms with Crippen LogP contribution in [-0.2, 0) is 4.79 Å². The summed E-state index contributed by atoms with van der Waals surface area (Å²) < 4.78 is 15.3. The zero-order chi connectivity index (χ0) is 22.4. The maximum Gasteiger partial charge on any atom is 0.211 e. The van der Waals surface area contributed by atoms with Crippen molar-refractivity contribution in [2.24, 2.45) is 5.92 Å². The molecule has 0 fully saturated rings. The van der Waals surface area contributed by atoms with Crippen molar-refractivity contribution in [1.29, 1.82) is 0 Å². The molecule has 0 bridgehead atoms. The van der Waals surface area contributed by atoms with Crippen molar-refractivity contribution in [3.05, 3.63) is 23.3 Å². The number of ether oxygens (including phenoxy) is 3. The van der Waals surface area contributed by atoms with Gasteiger partial charge in [-0.3, -0.25) is 4.79 Å². The molecule has 170 valence electrons. The molecule has 0 saturated heterocycles. The quantitative estimate of drug-likeness (QED) is 0.244. The van der Waals surface area contributed by atoms with Crippen LogP contribution in [0.5, 0.6) is 17.2 Å². The fraction of sp³-hybridized carbons (Fsp3) is 0.640. The minimum atomic E-state index is 0.482. The molecular formula is C25H41NO4. The summed E-state index contributed by atoms with van der Waals surface area (Å²) in [4.78, 5) is 10.4. The maximum absolute atomic E-state index is 10.4. The van der Waals surface area contributed by atoms with Crippen LogP contribution < -0.4 is 19.5 Å². The number of carbonyl (C=O) groups excluding carboxylic acids is 1. The molecule has 0 aromatic heterocycles. The van der Waals surface area contributed by atoms with Crippen molar-refractivity contribution in [3.8, 4) is 17.2 Å². The molecule has 0 heterocycles. The number of hydrogen-bond acceptors (Lipinski definition) is 4. The third-order valence-corrected chi connectivity index (χ3v) is 5.89. The molecule has 1 aliphatic rings. The second-order valence-electron chi connectivity index (χ2n) is 8.04. The highest BCUT2D eigenvalue weighted by Gasteiger charge is 2.15. The third kappa shape index (κ3) is 8.68. The van der Waals surface area contributed by atoms with Crippen LogP contribution in [0.3, 0.4) is 0 Å². The lowest BCUT2D eigenvalue weighted by Crippen LogP contribution is -2.08. The van der Waals surface area contributed by atoms with E-state index in [0.29, 0.717) is 29.3 Å². The van der Waals surface area contributed by atoms with Gasteiger partial charge < -0.3 is 19.5 Å². The van der Waals surface area contributed by atoms with E-state index in [1.165, 1.54) is 72.0 Å². The van der Waals surface area contributed by atoms with Gasteiger partial charge in [-0.2, -0.15) is 0 Å². The standard InChI is InChI=1S/C15H28.C10H13NO4/c1-4-5-6-7-8-9-15-11-10-13(2)14(3)12-15;1-13-7-4-8(14-2)10(11-6-12)9(5-7)15-3/h15H,4-12H2,1-3H3;4-6H,1-3H3,(H,11,12). The lowest BCUT2D eigenvalue weighted by atomic mass is 9.82. The monoisotopic (exact) mass is 419 g/mol. The number of unbranched alkanes of at least 4 members (excludes halogenated alkanes) is 4. The van der Waals surface area contributed by atoms with E-state index in [-0.39, 0.29) is 0 Å². The number of rotatable bonds is 11. The first-order chi connectivity index (χ1) is 14.5. The summed E-state index contributed by atoms with van der Waals surface area (Å²) in [6, 6.07) is 3.32. The number of hydrogen-bond donors (Lipinski definition) is 1. The lowest BCUT2D eigenvalue weighted by molar-refractivity contribution is -0.105. The molecule has 1 aromatic rings. The van der Waals surface area contributed by atoms with Crippen molar-refractivity contribution in [2.45, 2.75) is 78.6 Å². The van der Waals surface area contributed by atoms with Crippen molar-refractivity contribution in [3.63, 3.8) is 0 Å². The molecule has 1 aromatic carbocycles. The molecule has 1 atom stereocenters. The minimum absolute atomic E-state index is 0.482. The van der Waals surface area contributed by atoms with Crippen LogP contribution in [0.4, 0.5) is 5.69 Å². The first-order valence-electron chi connectivity index (χ1n) is 11.2. The van der Waals surface area contributed by atoms with Gasteiger partial charge in [0.05, 0.1) is 21.3 Å². The second-order valence-corrected chi connectivity index (χ2v) is 8.04. The molecule has 30 heavy (non-hydrogen) atoms. The summed E-state index contributed by atoms with van der Waals surface area (Å²) in [5, 5.41) is 2.51. The molecule has 5 heteroatoms. The average Bonchev–Trinajstić information content (AvgIpc) is 2.76. The Balaban J connectivity index is 0.000000300. The second kappa shape index (κ2) is 14.8. The summed E-state index contributed by atoms with van der Waals surface area (Å²) in [6.45, 7) is 6.93. The van der Waals surface area contributed by atoms with Gasteiger partial charge in [0.2, 0.25) is 6.41 Å². The zero-order valence-electron chi connectivity index (χ0n) is 19.8. The van der Waals surface area contributed by atoms with E-state index >= 15 is 0 Å².